The summed E-state index contributed by atoms with van der Waals surface area (Å²) < 4.78 is 4.06. The molecule has 0 aliphatic rings. The van der Waals surface area contributed by atoms with Crippen LogP contribution in [0.2, 0.25) is 0 Å². The minimum atomic E-state index is 0.322. The molecule has 19 heavy (non-hydrogen) atoms. The van der Waals surface area contributed by atoms with E-state index in [0.29, 0.717) is 6.04 Å². The highest BCUT2D eigenvalue weighted by Crippen LogP contribution is 2.23. The van der Waals surface area contributed by atoms with Crippen molar-refractivity contribution in [3.05, 3.63) is 46.0 Å². The molecule has 1 aromatic carbocycles. The lowest BCUT2D eigenvalue weighted by molar-refractivity contribution is 0.533. The van der Waals surface area contributed by atoms with E-state index in [0.717, 1.165) is 25.1 Å². The van der Waals surface area contributed by atoms with Crippen molar-refractivity contribution in [2.45, 2.75) is 39.7 Å². The smallest absolute Gasteiger partial charge is 0.0772 e. The zero-order valence-electron chi connectivity index (χ0n) is 11.8. The molecule has 1 heterocycles. The zero-order chi connectivity index (χ0) is 13.7. The Morgan fingerprint density at radius 2 is 1.95 bits per heavy atom. The lowest BCUT2D eigenvalue weighted by atomic mass is 10.0. The van der Waals surface area contributed by atoms with E-state index in [1.807, 2.05) is 6.92 Å². The van der Waals surface area contributed by atoms with Crippen molar-refractivity contribution >= 4 is 11.5 Å². The first-order valence-corrected chi connectivity index (χ1v) is 7.55. The fraction of sp³-hybridized carbons (Fsp3) is 0.467. The van der Waals surface area contributed by atoms with E-state index < -0.39 is 0 Å². The molecule has 0 bridgehead atoms. The van der Waals surface area contributed by atoms with Gasteiger partial charge >= 0.3 is 0 Å². The topological polar surface area (TPSA) is 37.8 Å². The highest BCUT2D eigenvalue weighted by atomic mass is 32.1. The summed E-state index contributed by atoms with van der Waals surface area (Å²) in [5.41, 5.74) is 3.70. The first-order chi connectivity index (χ1) is 9.20. The van der Waals surface area contributed by atoms with Crippen molar-refractivity contribution in [2.75, 3.05) is 6.54 Å². The maximum absolute atomic E-state index is 4.13. The molecule has 2 aromatic rings. The molecular formula is C15H21N3S. The van der Waals surface area contributed by atoms with Crippen molar-refractivity contribution in [1.82, 2.24) is 14.9 Å². The largest absolute Gasteiger partial charge is 0.309 e. The molecular weight excluding hydrogens is 254 g/mol. The van der Waals surface area contributed by atoms with Crippen LogP contribution in [0.1, 0.15) is 41.1 Å². The van der Waals surface area contributed by atoms with E-state index in [4.69, 9.17) is 0 Å². The first-order valence-electron chi connectivity index (χ1n) is 6.78. The molecule has 4 heteroatoms. The van der Waals surface area contributed by atoms with Crippen LogP contribution in [0.15, 0.2) is 24.3 Å². The number of hydrogen-bond donors (Lipinski definition) is 1. The van der Waals surface area contributed by atoms with Crippen molar-refractivity contribution in [1.29, 1.82) is 0 Å². The van der Waals surface area contributed by atoms with E-state index >= 15 is 0 Å². The van der Waals surface area contributed by atoms with Gasteiger partial charge in [-0.3, -0.25) is 0 Å². The van der Waals surface area contributed by atoms with Gasteiger partial charge in [-0.25, -0.2) is 0 Å². The van der Waals surface area contributed by atoms with Gasteiger partial charge in [0.05, 0.1) is 10.6 Å². The summed E-state index contributed by atoms with van der Waals surface area (Å²) in [4.78, 5) is 1.26. The number of rotatable bonds is 6. The zero-order valence-corrected chi connectivity index (χ0v) is 12.6. The molecule has 0 saturated carbocycles. The first kappa shape index (κ1) is 14.2. The van der Waals surface area contributed by atoms with Gasteiger partial charge in [-0.15, -0.1) is 5.10 Å². The fourth-order valence-corrected chi connectivity index (χ4v) is 2.81. The van der Waals surface area contributed by atoms with Crippen LogP contribution in [0.5, 0.6) is 0 Å². The third-order valence-electron chi connectivity index (χ3n) is 3.20. The molecule has 0 saturated heterocycles. The monoisotopic (exact) mass is 275 g/mol. The van der Waals surface area contributed by atoms with Gasteiger partial charge in [0.2, 0.25) is 0 Å². The highest BCUT2D eigenvalue weighted by molar-refractivity contribution is 7.05. The van der Waals surface area contributed by atoms with Gasteiger partial charge in [-0.2, -0.15) is 0 Å². The Kier molecular flexibility index (Phi) is 5.05. The number of hydrogen-bond acceptors (Lipinski definition) is 4. The van der Waals surface area contributed by atoms with Gasteiger partial charge in [-0.05, 0) is 50.3 Å². The molecule has 1 aromatic heterocycles. The average molecular weight is 275 g/mol. The van der Waals surface area contributed by atoms with Crippen molar-refractivity contribution in [3.8, 4) is 0 Å². The number of aromatic nitrogens is 2. The molecule has 2 rings (SSSR count). The number of nitrogens with one attached hydrogen (secondary N) is 1. The summed E-state index contributed by atoms with van der Waals surface area (Å²) in [5, 5.41) is 7.74. The molecule has 0 aliphatic carbocycles. The molecule has 0 fully saturated rings. The molecule has 102 valence electrons. The Balaban J connectivity index is 2.14. The minimum absolute atomic E-state index is 0.322. The van der Waals surface area contributed by atoms with Crippen molar-refractivity contribution in [3.63, 3.8) is 0 Å². The summed E-state index contributed by atoms with van der Waals surface area (Å²) in [6.07, 6.45) is 2.13. The molecule has 0 radical (unpaired) electrons. The van der Waals surface area contributed by atoms with Crippen LogP contribution < -0.4 is 5.32 Å². The van der Waals surface area contributed by atoms with E-state index in [9.17, 15) is 0 Å². The van der Waals surface area contributed by atoms with Gasteiger partial charge in [0.1, 0.15) is 0 Å². The molecule has 1 N–H and O–H groups in total. The SMILES string of the molecule is CCCNC(Cc1ccc(C)cc1)c1snnc1C. The van der Waals surface area contributed by atoms with Crippen LogP contribution in [0, 0.1) is 13.8 Å². The third-order valence-corrected chi connectivity index (χ3v) is 4.14. The second-order valence-electron chi connectivity index (χ2n) is 4.92. The summed E-state index contributed by atoms with van der Waals surface area (Å²) in [6.45, 7) is 7.37. The molecule has 0 spiro atoms. The Morgan fingerprint density at radius 1 is 1.21 bits per heavy atom. The lowest BCUT2D eigenvalue weighted by Gasteiger charge is -2.17. The fourth-order valence-electron chi connectivity index (χ4n) is 2.09. The number of benzene rings is 1. The molecule has 1 atom stereocenters. The van der Waals surface area contributed by atoms with Crippen LogP contribution in [-0.2, 0) is 6.42 Å². The quantitative estimate of drug-likeness (QED) is 0.877. The van der Waals surface area contributed by atoms with E-state index in [1.165, 1.54) is 27.5 Å². The summed E-state index contributed by atoms with van der Waals surface area (Å²) in [5.74, 6) is 0. The number of nitrogens with zero attached hydrogens (tertiary/aromatic N) is 2. The standard InChI is InChI=1S/C15H21N3S/c1-4-9-16-14(15-12(3)17-18-19-15)10-13-7-5-11(2)6-8-13/h5-8,14,16H,4,9-10H2,1-3H3. The Hall–Kier alpha value is -1.26. The van der Waals surface area contributed by atoms with Gasteiger partial charge in [-0.1, -0.05) is 41.2 Å². The molecule has 3 nitrogen and oxygen atoms in total. The van der Waals surface area contributed by atoms with Crippen LogP contribution in [0.25, 0.3) is 0 Å². The second kappa shape index (κ2) is 6.78. The Morgan fingerprint density at radius 3 is 2.53 bits per heavy atom. The van der Waals surface area contributed by atoms with Crippen molar-refractivity contribution < 1.29 is 0 Å². The van der Waals surface area contributed by atoms with Gasteiger partial charge < -0.3 is 5.32 Å². The van der Waals surface area contributed by atoms with E-state index in [1.54, 1.807) is 0 Å². The second-order valence-corrected chi connectivity index (χ2v) is 5.70. The molecule has 1 unspecified atom stereocenters. The molecule has 0 amide bonds. The minimum Gasteiger partial charge on any atom is -0.309 e. The average Bonchev–Trinajstić information content (AvgIpc) is 2.83. The summed E-state index contributed by atoms with van der Waals surface area (Å²) in [7, 11) is 0. The van der Waals surface area contributed by atoms with Crippen LogP contribution in [0.3, 0.4) is 0 Å². The van der Waals surface area contributed by atoms with E-state index in [2.05, 4.69) is 53.0 Å². The van der Waals surface area contributed by atoms with E-state index in [-0.39, 0.29) is 0 Å². The van der Waals surface area contributed by atoms with Crippen molar-refractivity contribution in [2.24, 2.45) is 0 Å². The van der Waals surface area contributed by atoms with Gasteiger partial charge in [0.25, 0.3) is 0 Å². The summed E-state index contributed by atoms with van der Waals surface area (Å²) in [6, 6.07) is 9.08. The molecule has 0 aliphatic heterocycles. The third kappa shape index (κ3) is 3.85. The predicted octanol–water partition coefficient (Wildman–Crippen LogP) is 3.44. The predicted molar refractivity (Wildman–Crippen MR) is 80.6 cm³/mol. The van der Waals surface area contributed by atoms with Gasteiger partial charge in [0.15, 0.2) is 0 Å². The van der Waals surface area contributed by atoms with Crippen LogP contribution >= 0.6 is 11.5 Å². The number of aryl methyl sites for hydroxylation is 2. The maximum atomic E-state index is 4.13. The van der Waals surface area contributed by atoms with Crippen LogP contribution in [-0.4, -0.2) is 16.1 Å². The Labute approximate surface area is 119 Å². The Bertz CT molecular complexity index is 504. The van der Waals surface area contributed by atoms with Crippen LogP contribution in [0.4, 0.5) is 0 Å². The highest BCUT2D eigenvalue weighted by Gasteiger charge is 2.17. The van der Waals surface area contributed by atoms with Gasteiger partial charge in [0, 0.05) is 6.04 Å². The lowest BCUT2D eigenvalue weighted by Crippen LogP contribution is -2.24. The maximum Gasteiger partial charge on any atom is 0.0772 e. The summed E-state index contributed by atoms with van der Waals surface area (Å²) >= 11 is 1.51. The normalized spacial score (nSPS) is 12.6.